The van der Waals surface area contributed by atoms with Crippen LogP contribution in [0.25, 0.3) is 0 Å². The van der Waals surface area contributed by atoms with Gasteiger partial charge in [-0.3, -0.25) is 9.69 Å². The van der Waals surface area contributed by atoms with Crippen molar-refractivity contribution in [1.29, 1.82) is 0 Å². The Morgan fingerprint density at radius 2 is 2.22 bits per heavy atom. The maximum Gasteiger partial charge on any atom is 0.249 e. The van der Waals surface area contributed by atoms with Crippen LogP contribution in [0.15, 0.2) is 35.0 Å². The predicted molar refractivity (Wildman–Crippen MR) is 75.4 cm³/mol. The average Bonchev–Trinajstić information content (AvgIpc) is 2.85. The minimum atomic E-state index is -0.135. The molecule has 0 aromatic carbocycles. The van der Waals surface area contributed by atoms with E-state index >= 15 is 0 Å². The first kappa shape index (κ1) is 13.2. The second kappa shape index (κ2) is 6.66. The molecule has 2 heterocycles. The van der Waals surface area contributed by atoms with E-state index in [1.54, 1.807) is 18.3 Å². The summed E-state index contributed by atoms with van der Waals surface area (Å²) in [5, 5.41) is 2.72. The van der Waals surface area contributed by atoms with Crippen molar-refractivity contribution in [3.8, 4) is 0 Å². The van der Waals surface area contributed by atoms with Gasteiger partial charge in [0, 0.05) is 23.3 Å². The van der Waals surface area contributed by atoms with Crippen LogP contribution in [0.5, 0.6) is 0 Å². The Morgan fingerprint density at radius 1 is 1.44 bits per heavy atom. The molecule has 1 saturated heterocycles. The zero-order valence-electron chi connectivity index (χ0n) is 10.1. The van der Waals surface area contributed by atoms with Gasteiger partial charge in [-0.25, -0.2) is 4.98 Å². The van der Waals surface area contributed by atoms with Gasteiger partial charge in [0.15, 0.2) is 0 Å². The lowest BCUT2D eigenvalue weighted by atomic mass is 10.4. The minimum absolute atomic E-state index is 0.135. The molecular weight excluding hydrogens is 294 g/mol. The third-order valence-corrected chi connectivity index (χ3v) is 3.28. The fraction of sp³-hybridized carbons (Fsp3) is 0.385. The topological polar surface area (TPSA) is 45.2 Å². The summed E-state index contributed by atoms with van der Waals surface area (Å²) >= 11 is 3.30. The lowest BCUT2D eigenvalue weighted by Gasteiger charge is -2.10. The Balaban J connectivity index is 1.77. The highest BCUT2D eigenvalue weighted by Gasteiger charge is 2.08. The van der Waals surface area contributed by atoms with Gasteiger partial charge in [0.2, 0.25) is 5.91 Å². The highest BCUT2D eigenvalue weighted by molar-refractivity contribution is 9.10. The molecule has 1 aliphatic heterocycles. The van der Waals surface area contributed by atoms with Gasteiger partial charge in [-0.2, -0.15) is 0 Å². The first-order valence-electron chi connectivity index (χ1n) is 6.05. The molecule has 0 spiro atoms. The molecule has 1 aromatic heterocycles. The Labute approximate surface area is 115 Å². The van der Waals surface area contributed by atoms with Gasteiger partial charge in [0.25, 0.3) is 0 Å². The van der Waals surface area contributed by atoms with Crippen LogP contribution in [0, 0.1) is 0 Å². The number of carbonyl (C=O) groups excluding carboxylic acids is 1. The Kier molecular flexibility index (Phi) is 4.90. The van der Waals surface area contributed by atoms with E-state index in [4.69, 9.17) is 0 Å². The van der Waals surface area contributed by atoms with Crippen molar-refractivity contribution in [1.82, 2.24) is 9.88 Å². The van der Waals surface area contributed by atoms with Crippen LogP contribution in [0.3, 0.4) is 0 Å². The Bertz CT molecular complexity index is 424. The molecule has 0 atom stereocenters. The summed E-state index contributed by atoms with van der Waals surface area (Å²) in [7, 11) is 0. The number of anilines is 1. The van der Waals surface area contributed by atoms with E-state index in [1.807, 2.05) is 12.1 Å². The standard InChI is InChI=1S/C13H16BrN3O/c14-11-5-6-12(15-10-11)16-13(18)4-3-9-17-7-1-2-8-17/h3-6,10H,1-2,7-9H2,(H,15,16,18)/b4-3+. The SMILES string of the molecule is O=C(/C=C/CN1CCCC1)Nc1ccc(Br)cn1. The summed E-state index contributed by atoms with van der Waals surface area (Å²) in [5.74, 6) is 0.429. The summed E-state index contributed by atoms with van der Waals surface area (Å²) in [4.78, 5) is 18.0. The van der Waals surface area contributed by atoms with Crippen LogP contribution in [-0.2, 0) is 4.79 Å². The van der Waals surface area contributed by atoms with Gasteiger partial charge in [0.1, 0.15) is 5.82 Å². The smallest absolute Gasteiger partial charge is 0.249 e. The van der Waals surface area contributed by atoms with Gasteiger partial charge in [0.05, 0.1) is 0 Å². The summed E-state index contributed by atoms with van der Waals surface area (Å²) < 4.78 is 0.894. The fourth-order valence-electron chi connectivity index (χ4n) is 1.89. The number of rotatable bonds is 4. The van der Waals surface area contributed by atoms with E-state index in [0.717, 1.165) is 24.1 Å². The van der Waals surface area contributed by atoms with Crippen LogP contribution in [0.1, 0.15) is 12.8 Å². The van der Waals surface area contributed by atoms with Crippen molar-refractivity contribution < 1.29 is 4.79 Å². The number of hydrogen-bond acceptors (Lipinski definition) is 3. The van der Waals surface area contributed by atoms with Gasteiger partial charge in [-0.15, -0.1) is 0 Å². The second-order valence-electron chi connectivity index (χ2n) is 4.26. The van der Waals surface area contributed by atoms with Crippen LogP contribution in [0.2, 0.25) is 0 Å². The van der Waals surface area contributed by atoms with E-state index in [2.05, 4.69) is 31.1 Å². The second-order valence-corrected chi connectivity index (χ2v) is 5.18. The molecule has 4 nitrogen and oxygen atoms in total. The number of halogens is 1. The highest BCUT2D eigenvalue weighted by atomic mass is 79.9. The highest BCUT2D eigenvalue weighted by Crippen LogP contribution is 2.10. The minimum Gasteiger partial charge on any atom is -0.307 e. The number of amides is 1. The molecule has 1 aromatic rings. The van der Waals surface area contributed by atoms with E-state index in [9.17, 15) is 4.79 Å². The normalized spacial score (nSPS) is 16.3. The summed E-state index contributed by atoms with van der Waals surface area (Å²) in [5.41, 5.74) is 0. The number of nitrogens with one attached hydrogen (secondary N) is 1. The van der Waals surface area contributed by atoms with E-state index in [-0.39, 0.29) is 5.91 Å². The molecule has 5 heteroatoms. The molecular formula is C13H16BrN3O. The lowest BCUT2D eigenvalue weighted by molar-refractivity contribution is -0.111. The molecule has 1 N–H and O–H groups in total. The molecule has 0 saturated carbocycles. The van der Waals surface area contributed by atoms with E-state index in [1.165, 1.54) is 12.8 Å². The van der Waals surface area contributed by atoms with Gasteiger partial charge in [-0.05, 0) is 54.0 Å². The largest absolute Gasteiger partial charge is 0.307 e. The lowest BCUT2D eigenvalue weighted by Crippen LogP contribution is -2.19. The number of nitrogens with zero attached hydrogens (tertiary/aromatic N) is 2. The Morgan fingerprint density at radius 3 is 2.89 bits per heavy atom. The van der Waals surface area contributed by atoms with Gasteiger partial charge in [-0.1, -0.05) is 6.08 Å². The first-order chi connectivity index (χ1) is 8.74. The molecule has 0 unspecified atom stereocenters. The monoisotopic (exact) mass is 309 g/mol. The van der Waals surface area contributed by atoms with Gasteiger partial charge < -0.3 is 5.32 Å². The van der Waals surface area contributed by atoms with Crippen LogP contribution in [-0.4, -0.2) is 35.4 Å². The van der Waals surface area contributed by atoms with Crippen molar-refractivity contribution >= 4 is 27.7 Å². The molecule has 1 fully saturated rings. The number of aromatic nitrogens is 1. The number of pyridine rings is 1. The summed E-state index contributed by atoms with van der Waals surface area (Å²) in [6.45, 7) is 3.13. The molecule has 18 heavy (non-hydrogen) atoms. The third kappa shape index (κ3) is 4.23. The van der Waals surface area contributed by atoms with Crippen LogP contribution in [0.4, 0.5) is 5.82 Å². The molecule has 1 amide bonds. The van der Waals surface area contributed by atoms with Crippen molar-refractivity contribution in [2.24, 2.45) is 0 Å². The molecule has 2 rings (SSSR count). The third-order valence-electron chi connectivity index (χ3n) is 2.81. The molecule has 96 valence electrons. The van der Waals surface area contributed by atoms with E-state index < -0.39 is 0 Å². The van der Waals surface area contributed by atoms with Crippen LogP contribution < -0.4 is 5.32 Å². The summed E-state index contributed by atoms with van der Waals surface area (Å²) in [6.07, 6.45) is 7.66. The summed E-state index contributed by atoms with van der Waals surface area (Å²) in [6, 6.07) is 3.60. The number of carbonyl (C=O) groups is 1. The molecule has 0 aliphatic carbocycles. The van der Waals surface area contributed by atoms with Crippen molar-refractivity contribution in [2.75, 3.05) is 25.0 Å². The van der Waals surface area contributed by atoms with Crippen molar-refractivity contribution in [3.05, 3.63) is 35.0 Å². The van der Waals surface area contributed by atoms with Crippen LogP contribution >= 0.6 is 15.9 Å². The zero-order valence-corrected chi connectivity index (χ0v) is 11.7. The number of likely N-dealkylation sites (tertiary alicyclic amines) is 1. The average molecular weight is 310 g/mol. The maximum atomic E-state index is 11.6. The molecule has 0 radical (unpaired) electrons. The van der Waals surface area contributed by atoms with Crippen molar-refractivity contribution in [3.63, 3.8) is 0 Å². The number of hydrogen-bond donors (Lipinski definition) is 1. The fourth-order valence-corrected chi connectivity index (χ4v) is 2.13. The quantitative estimate of drug-likeness (QED) is 0.869. The first-order valence-corrected chi connectivity index (χ1v) is 6.85. The molecule has 0 bridgehead atoms. The molecule has 1 aliphatic rings. The Hall–Kier alpha value is -1.20. The maximum absolute atomic E-state index is 11.6. The van der Waals surface area contributed by atoms with E-state index in [0.29, 0.717) is 5.82 Å². The zero-order chi connectivity index (χ0) is 12.8. The van der Waals surface area contributed by atoms with Crippen molar-refractivity contribution in [2.45, 2.75) is 12.8 Å². The predicted octanol–water partition coefficient (Wildman–Crippen LogP) is 2.43. The van der Waals surface area contributed by atoms with Gasteiger partial charge >= 0.3 is 0 Å².